The molecular weight excluding hydrogens is 162 g/mol. The molecule has 1 aliphatic carbocycles. The zero-order valence-electron chi connectivity index (χ0n) is 8.55. The molecule has 0 radical (unpaired) electrons. The Bertz CT molecular complexity index is 175. The average molecular weight is 183 g/mol. The monoisotopic (exact) mass is 183 g/mol. The third kappa shape index (κ3) is 2.05. The molecule has 2 unspecified atom stereocenters. The van der Waals surface area contributed by atoms with Crippen LogP contribution in [0.25, 0.3) is 0 Å². The molecule has 0 aromatic heterocycles. The normalized spacial score (nSPS) is 38.3. The van der Waals surface area contributed by atoms with Crippen LogP contribution in [-0.2, 0) is 0 Å². The first-order valence-electron chi connectivity index (χ1n) is 5.58. The average Bonchev–Trinajstić information content (AvgIpc) is 2.64. The Kier molecular flexibility index (Phi) is 2.61. The van der Waals surface area contributed by atoms with Crippen molar-refractivity contribution in [2.24, 2.45) is 11.3 Å². The Labute approximate surface area is 80.7 Å². The molecular formula is C11H21NO. The van der Waals surface area contributed by atoms with Gasteiger partial charge in [0, 0.05) is 13.1 Å². The molecule has 1 saturated heterocycles. The zero-order valence-corrected chi connectivity index (χ0v) is 8.55. The van der Waals surface area contributed by atoms with E-state index in [2.05, 4.69) is 12.2 Å². The van der Waals surface area contributed by atoms with E-state index in [0.29, 0.717) is 11.3 Å². The fourth-order valence-corrected chi connectivity index (χ4v) is 2.99. The minimum atomic E-state index is -0.0857. The van der Waals surface area contributed by atoms with Crippen LogP contribution in [0.1, 0.15) is 39.0 Å². The van der Waals surface area contributed by atoms with Gasteiger partial charge in [0.25, 0.3) is 0 Å². The first-order chi connectivity index (χ1) is 6.20. The number of hydrogen-bond acceptors (Lipinski definition) is 2. The van der Waals surface area contributed by atoms with Crippen LogP contribution >= 0.6 is 0 Å². The number of aliphatic hydroxyl groups excluding tert-OH is 1. The predicted octanol–water partition coefficient (Wildman–Crippen LogP) is 1.54. The number of hydrogen-bond donors (Lipinski definition) is 2. The Morgan fingerprint density at radius 3 is 2.54 bits per heavy atom. The van der Waals surface area contributed by atoms with Gasteiger partial charge in [-0.05, 0) is 30.6 Å². The van der Waals surface area contributed by atoms with E-state index in [1.54, 1.807) is 0 Å². The van der Waals surface area contributed by atoms with Crippen LogP contribution in [0.4, 0.5) is 0 Å². The lowest BCUT2D eigenvalue weighted by Crippen LogP contribution is -2.25. The highest BCUT2D eigenvalue weighted by Crippen LogP contribution is 2.43. The Balaban J connectivity index is 1.88. The molecule has 2 N–H and O–H groups in total. The van der Waals surface area contributed by atoms with E-state index < -0.39 is 0 Å². The molecule has 0 aromatic carbocycles. The summed E-state index contributed by atoms with van der Waals surface area (Å²) in [6.45, 7) is 4.22. The largest absolute Gasteiger partial charge is 0.391 e. The highest BCUT2D eigenvalue weighted by atomic mass is 16.3. The summed E-state index contributed by atoms with van der Waals surface area (Å²) in [5, 5.41) is 13.0. The number of β-amino-alcohol motifs (C(OH)–C–C–N with tert-alkyl or cyclic N) is 1. The highest BCUT2D eigenvalue weighted by Gasteiger charge is 2.35. The minimum absolute atomic E-state index is 0.0857. The molecule has 2 fully saturated rings. The standard InChI is InChI=1S/C11H21NO/c1-11(4-2-3-5-11)6-9-7-12-8-10(9)13/h9-10,12-13H,2-8H2,1H3. The summed E-state index contributed by atoms with van der Waals surface area (Å²) in [6, 6.07) is 0. The maximum atomic E-state index is 9.70. The van der Waals surface area contributed by atoms with Crippen molar-refractivity contribution in [1.29, 1.82) is 0 Å². The molecule has 0 amide bonds. The van der Waals surface area contributed by atoms with Crippen molar-refractivity contribution < 1.29 is 5.11 Å². The smallest absolute Gasteiger partial charge is 0.0705 e. The molecule has 2 rings (SSSR count). The summed E-state index contributed by atoms with van der Waals surface area (Å²) in [4.78, 5) is 0. The van der Waals surface area contributed by atoms with Crippen molar-refractivity contribution in [2.45, 2.75) is 45.1 Å². The van der Waals surface area contributed by atoms with Gasteiger partial charge in [0.1, 0.15) is 0 Å². The van der Waals surface area contributed by atoms with Crippen LogP contribution in [0.3, 0.4) is 0 Å². The molecule has 0 spiro atoms. The summed E-state index contributed by atoms with van der Waals surface area (Å²) in [5.74, 6) is 0.517. The number of aliphatic hydroxyl groups is 1. The van der Waals surface area contributed by atoms with Gasteiger partial charge in [-0.2, -0.15) is 0 Å². The van der Waals surface area contributed by atoms with E-state index >= 15 is 0 Å². The Hall–Kier alpha value is -0.0800. The second-order valence-corrected chi connectivity index (χ2v) is 5.21. The van der Waals surface area contributed by atoms with Gasteiger partial charge in [-0.3, -0.25) is 0 Å². The second kappa shape index (κ2) is 3.58. The van der Waals surface area contributed by atoms with Gasteiger partial charge in [0.2, 0.25) is 0 Å². The molecule has 2 atom stereocenters. The van der Waals surface area contributed by atoms with E-state index in [1.807, 2.05) is 0 Å². The van der Waals surface area contributed by atoms with Crippen LogP contribution in [-0.4, -0.2) is 24.3 Å². The maximum Gasteiger partial charge on any atom is 0.0705 e. The molecule has 1 heterocycles. The molecule has 1 aliphatic heterocycles. The molecule has 0 bridgehead atoms. The van der Waals surface area contributed by atoms with Crippen molar-refractivity contribution in [3.05, 3.63) is 0 Å². The van der Waals surface area contributed by atoms with Crippen LogP contribution in [0.5, 0.6) is 0 Å². The fourth-order valence-electron chi connectivity index (χ4n) is 2.99. The van der Waals surface area contributed by atoms with Gasteiger partial charge in [-0.1, -0.05) is 19.8 Å². The summed E-state index contributed by atoms with van der Waals surface area (Å²) in [6.07, 6.45) is 6.67. The highest BCUT2D eigenvalue weighted by molar-refractivity contribution is 4.89. The summed E-state index contributed by atoms with van der Waals surface area (Å²) >= 11 is 0. The molecule has 1 saturated carbocycles. The predicted molar refractivity (Wildman–Crippen MR) is 53.6 cm³/mol. The Morgan fingerprint density at radius 2 is 2.00 bits per heavy atom. The first-order valence-corrected chi connectivity index (χ1v) is 5.58. The number of nitrogens with one attached hydrogen (secondary N) is 1. The first kappa shape index (κ1) is 9.47. The Morgan fingerprint density at radius 1 is 1.31 bits per heavy atom. The van der Waals surface area contributed by atoms with Crippen LogP contribution in [0.15, 0.2) is 0 Å². The van der Waals surface area contributed by atoms with Crippen LogP contribution < -0.4 is 5.32 Å². The maximum absolute atomic E-state index is 9.70. The molecule has 2 heteroatoms. The SMILES string of the molecule is CC1(CC2CNCC2O)CCCC1. The van der Waals surface area contributed by atoms with Crippen molar-refractivity contribution >= 4 is 0 Å². The lowest BCUT2D eigenvalue weighted by Gasteiger charge is -2.28. The second-order valence-electron chi connectivity index (χ2n) is 5.21. The third-order valence-corrected chi connectivity index (χ3v) is 3.87. The molecule has 2 aliphatic rings. The third-order valence-electron chi connectivity index (χ3n) is 3.87. The summed E-state index contributed by atoms with van der Waals surface area (Å²) in [5.41, 5.74) is 0.539. The van der Waals surface area contributed by atoms with E-state index in [0.717, 1.165) is 13.1 Å². The molecule has 76 valence electrons. The summed E-state index contributed by atoms with van der Waals surface area (Å²) < 4.78 is 0. The number of rotatable bonds is 2. The van der Waals surface area contributed by atoms with E-state index in [9.17, 15) is 5.11 Å². The molecule has 2 nitrogen and oxygen atoms in total. The van der Waals surface area contributed by atoms with Gasteiger partial charge in [0.05, 0.1) is 6.10 Å². The quantitative estimate of drug-likeness (QED) is 0.680. The summed E-state index contributed by atoms with van der Waals surface area (Å²) in [7, 11) is 0. The lowest BCUT2D eigenvalue weighted by atomic mass is 9.78. The van der Waals surface area contributed by atoms with E-state index in [4.69, 9.17) is 0 Å². The minimum Gasteiger partial charge on any atom is -0.391 e. The van der Waals surface area contributed by atoms with Crippen LogP contribution in [0, 0.1) is 11.3 Å². The topological polar surface area (TPSA) is 32.3 Å². The van der Waals surface area contributed by atoms with Gasteiger partial charge >= 0.3 is 0 Å². The zero-order chi connectivity index (χ0) is 9.31. The fraction of sp³-hybridized carbons (Fsp3) is 1.00. The van der Waals surface area contributed by atoms with Crippen molar-refractivity contribution in [3.8, 4) is 0 Å². The van der Waals surface area contributed by atoms with Gasteiger partial charge in [-0.15, -0.1) is 0 Å². The van der Waals surface area contributed by atoms with Gasteiger partial charge in [-0.25, -0.2) is 0 Å². The van der Waals surface area contributed by atoms with Crippen LogP contribution in [0.2, 0.25) is 0 Å². The molecule has 0 aromatic rings. The van der Waals surface area contributed by atoms with E-state index in [-0.39, 0.29) is 6.10 Å². The van der Waals surface area contributed by atoms with Gasteiger partial charge < -0.3 is 10.4 Å². The van der Waals surface area contributed by atoms with Crippen molar-refractivity contribution in [3.63, 3.8) is 0 Å². The van der Waals surface area contributed by atoms with E-state index in [1.165, 1.54) is 32.1 Å². The molecule has 13 heavy (non-hydrogen) atoms. The van der Waals surface area contributed by atoms with Crippen molar-refractivity contribution in [1.82, 2.24) is 5.32 Å². The van der Waals surface area contributed by atoms with Gasteiger partial charge in [0.15, 0.2) is 0 Å². The lowest BCUT2D eigenvalue weighted by molar-refractivity contribution is 0.112. The van der Waals surface area contributed by atoms with Crippen molar-refractivity contribution in [2.75, 3.05) is 13.1 Å².